The molecule has 0 radical (unpaired) electrons. The molecule has 0 aromatic carbocycles. The second kappa shape index (κ2) is 4.97. The van der Waals surface area contributed by atoms with Gasteiger partial charge < -0.3 is 15.0 Å². The number of carbonyl (C=O) groups is 2. The predicted octanol–water partition coefficient (Wildman–Crippen LogP) is -0.213. The minimum Gasteiger partial charge on any atom is -0.340 e. The van der Waals surface area contributed by atoms with Gasteiger partial charge in [0.2, 0.25) is 5.91 Å². The predicted molar refractivity (Wildman–Crippen MR) is 49.4 cm³/mol. The molecule has 0 aromatic heterocycles. The monoisotopic (exact) mass is 184 g/mol. The largest absolute Gasteiger partial charge is 0.340 e. The minimum atomic E-state index is 0.0866. The van der Waals surface area contributed by atoms with Crippen LogP contribution in [0.25, 0.3) is 0 Å². The van der Waals surface area contributed by atoms with Gasteiger partial charge in [0.25, 0.3) is 0 Å². The maximum Gasteiger partial charge on any atom is 0.223 e. The van der Waals surface area contributed by atoms with Crippen LogP contribution in [0.2, 0.25) is 0 Å². The summed E-state index contributed by atoms with van der Waals surface area (Å²) in [6.07, 6.45) is 0.748. The molecule has 1 amide bonds. The van der Waals surface area contributed by atoms with E-state index in [2.05, 4.69) is 5.32 Å². The molecule has 1 aliphatic rings. The van der Waals surface area contributed by atoms with Crippen LogP contribution in [0.15, 0.2) is 0 Å². The third kappa shape index (κ3) is 3.55. The molecular formula is C9H16N2O2. The summed E-state index contributed by atoms with van der Waals surface area (Å²) in [4.78, 5) is 23.9. The number of hydrogen-bond acceptors (Lipinski definition) is 3. The zero-order chi connectivity index (χ0) is 9.68. The first-order valence-electron chi connectivity index (χ1n) is 4.68. The molecule has 1 rings (SSSR count). The fraction of sp³-hybridized carbons (Fsp3) is 0.778. The zero-order valence-corrected chi connectivity index (χ0v) is 8.01. The molecule has 1 saturated heterocycles. The van der Waals surface area contributed by atoms with E-state index >= 15 is 0 Å². The highest BCUT2D eigenvalue weighted by molar-refractivity contribution is 5.83. The topological polar surface area (TPSA) is 49.4 Å². The molecule has 1 aliphatic heterocycles. The van der Waals surface area contributed by atoms with Crippen LogP contribution < -0.4 is 5.32 Å². The molecule has 4 nitrogen and oxygen atoms in total. The molecule has 0 spiro atoms. The Morgan fingerprint density at radius 3 is 2.38 bits per heavy atom. The van der Waals surface area contributed by atoms with Crippen LogP contribution >= 0.6 is 0 Å². The fourth-order valence-electron chi connectivity index (χ4n) is 1.36. The Labute approximate surface area is 78.3 Å². The lowest BCUT2D eigenvalue weighted by atomic mass is 10.2. The maximum absolute atomic E-state index is 11.4. The van der Waals surface area contributed by atoms with Crippen molar-refractivity contribution in [3.05, 3.63) is 0 Å². The van der Waals surface area contributed by atoms with Crippen molar-refractivity contribution in [2.45, 2.75) is 19.8 Å². The number of rotatable bonds is 3. The summed E-state index contributed by atoms with van der Waals surface area (Å²) in [5.41, 5.74) is 0. The van der Waals surface area contributed by atoms with Gasteiger partial charge >= 0.3 is 0 Å². The van der Waals surface area contributed by atoms with E-state index in [0.717, 1.165) is 26.2 Å². The van der Waals surface area contributed by atoms with Crippen LogP contribution in [0.5, 0.6) is 0 Å². The summed E-state index contributed by atoms with van der Waals surface area (Å²) >= 11 is 0. The first-order valence-corrected chi connectivity index (χ1v) is 4.68. The van der Waals surface area contributed by atoms with Crippen LogP contribution in [0.3, 0.4) is 0 Å². The molecule has 0 unspecified atom stereocenters. The number of piperazine rings is 1. The van der Waals surface area contributed by atoms with E-state index in [1.807, 2.05) is 4.90 Å². The lowest BCUT2D eigenvalue weighted by Crippen LogP contribution is -2.46. The summed E-state index contributed by atoms with van der Waals surface area (Å²) in [5.74, 6) is 0.195. The average molecular weight is 184 g/mol. The summed E-state index contributed by atoms with van der Waals surface area (Å²) in [6, 6.07) is 0. The van der Waals surface area contributed by atoms with Crippen LogP contribution in [0.4, 0.5) is 0 Å². The summed E-state index contributed by atoms with van der Waals surface area (Å²) in [6.45, 7) is 4.80. The first-order chi connectivity index (χ1) is 6.20. The number of Topliss-reactive ketones (excluding diaryl/α,β-unsaturated/α-hetero) is 1. The van der Waals surface area contributed by atoms with Crippen LogP contribution in [-0.4, -0.2) is 42.8 Å². The van der Waals surface area contributed by atoms with Crippen molar-refractivity contribution in [1.82, 2.24) is 10.2 Å². The number of nitrogens with zero attached hydrogens (tertiary/aromatic N) is 1. The number of nitrogens with one attached hydrogen (secondary N) is 1. The smallest absolute Gasteiger partial charge is 0.223 e. The van der Waals surface area contributed by atoms with Gasteiger partial charge in [0.15, 0.2) is 0 Å². The lowest BCUT2D eigenvalue weighted by Gasteiger charge is -2.27. The zero-order valence-electron chi connectivity index (χ0n) is 8.01. The minimum absolute atomic E-state index is 0.0866. The molecule has 13 heavy (non-hydrogen) atoms. The molecule has 1 N–H and O–H groups in total. The van der Waals surface area contributed by atoms with Crippen molar-refractivity contribution >= 4 is 11.7 Å². The Bertz CT molecular complexity index is 198. The van der Waals surface area contributed by atoms with Gasteiger partial charge in [-0.05, 0) is 6.92 Å². The van der Waals surface area contributed by atoms with Gasteiger partial charge in [-0.25, -0.2) is 0 Å². The summed E-state index contributed by atoms with van der Waals surface area (Å²) in [7, 11) is 0. The van der Waals surface area contributed by atoms with Crippen LogP contribution in [-0.2, 0) is 9.59 Å². The first kappa shape index (κ1) is 10.2. The van der Waals surface area contributed by atoms with Crippen molar-refractivity contribution in [2.75, 3.05) is 26.2 Å². The quantitative estimate of drug-likeness (QED) is 0.660. The van der Waals surface area contributed by atoms with Gasteiger partial charge in [0.1, 0.15) is 5.78 Å². The molecule has 0 bridgehead atoms. The van der Waals surface area contributed by atoms with E-state index in [0.29, 0.717) is 12.8 Å². The van der Waals surface area contributed by atoms with Crippen molar-refractivity contribution in [3.8, 4) is 0 Å². The third-order valence-corrected chi connectivity index (χ3v) is 2.16. The van der Waals surface area contributed by atoms with Crippen molar-refractivity contribution in [1.29, 1.82) is 0 Å². The summed E-state index contributed by atoms with van der Waals surface area (Å²) < 4.78 is 0. The third-order valence-electron chi connectivity index (χ3n) is 2.16. The highest BCUT2D eigenvalue weighted by Gasteiger charge is 2.15. The Kier molecular flexibility index (Phi) is 3.89. The average Bonchev–Trinajstić information content (AvgIpc) is 2.15. The Balaban J connectivity index is 2.25. The fourth-order valence-corrected chi connectivity index (χ4v) is 1.36. The van der Waals surface area contributed by atoms with Crippen molar-refractivity contribution in [2.24, 2.45) is 0 Å². The van der Waals surface area contributed by atoms with Crippen molar-refractivity contribution in [3.63, 3.8) is 0 Å². The van der Waals surface area contributed by atoms with Gasteiger partial charge in [-0.3, -0.25) is 4.79 Å². The van der Waals surface area contributed by atoms with Crippen molar-refractivity contribution < 1.29 is 9.59 Å². The molecule has 1 fully saturated rings. The molecule has 0 aliphatic carbocycles. The second-order valence-electron chi connectivity index (χ2n) is 3.33. The van der Waals surface area contributed by atoms with Gasteiger partial charge in [-0.2, -0.15) is 0 Å². The molecular weight excluding hydrogens is 168 g/mol. The number of carbonyl (C=O) groups excluding carboxylic acids is 2. The number of amides is 1. The standard InChI is InChI=1S/C9H16N2O2/c1-8(12)2-3-9(13)11-6-4-10-5-7-11/h10H,2-7H2,1H3. The van der Waals surface area contributed by atoms with Gasteiger partial charge in [-0.1, -0.05) is 0 Å². The normalized spacial score (nSPS) is 17.2. The number of hydrogen-bond donors (Lipinski definition) is 1. The van der Waals surface area contributed by atoms with E-state index in [1.54, 1.807) is 0 Å². The summed E-state index contributed by atoms with van der Waals surface area (Å²) in [5, 5.41) is 3.17. The van der Waals surface area contributed by atoms with Gasteiger partial charge in [-0.15, -0.1) is 0 Å². The molecule has 74 valence electrons. The van der Waals surface area contributed by atoms with Crippen LogP contribution in [0.1, 0.15) is 19.8 Å². The molecule has 0 saturated carbocycles. The molecule has 0 aromatic rings. The van der Waals surface area contributed by atoms with Crippen LogP contribution in [0, 0.1) is 0 Å². The van der Waals surface area contributed by atoms with E-state index in [1.165, 1.54) is 6.92 Å². The number of ketones is 1. The van der Waals surface area contributed by atoms with E-state index < -0.39 is 0 Å². The lowest BCUT2D eigenvalue weighted by molar-refractivity contribution is -0.133. The van der Waals surface area contributed by atoms with Gasteiger partial charge in [0.05, 0.1) is 0 Å². The van der Waals surface area contributed by atoms with E-state index in [9.17, 15) is 9.59 Å². The Morgan fingerprint density at radius 1 is 1.23 bits per heavy atom. The Morgan fingerprint density at radius 2 is 1.85 bits per heavy atom. The Hall–Kier alpha value is -0.900. The van der Waals surface area contributed by atoms with E-state index in [4.69, 9.17) is 0 Å². The van der Waals surface area contributed by atoms with Gasteiger partial charge in [0, 0.05) is 39.0 Å². The van der Waals surface area contributed by atoms with E-state index in [-0.39, 0.29) is 11.7 Å². The molecule has 4 heteroatoms. The SMILES string of the molecule is CC(=O)CCC(=O)N1CCNCC1. The maximum atomic E-state index is 11.4. The second-order valence-corrected chi connectivity index (χ2v) is 3.33. The molecule has 0 atom stereocenters. The highest BCUT2D eigenvalue weighted by atomic mass is 16.2. The highest BCUT2D eigenvalue weighted by Crippen LogP contribution is 2.00. The molecule has 1 heterocycles.